The number of nitrogens with zero attached hydrogens (tertiary/aromatic N) is 3. The molecule has 3 heterocycles. The molecule has 1 N–H and O–H groups in total. The molecule has 0 saturated heterocycles. The normalized spacial score (nSPS) is 11.9. The summed E-state index contributed by atoms with van der Waals surface area (Å²) in [4.78, 5) is 20.6. The highest BCUT2D eigenvalue weighted by Gasteiger charge is 2.23. The quantitative estimate of drug-likeness (QED) is 0.765. The molecule has 3 rings (SSSR count). The highest BCUT2D eigenvalue weighted by Crippen LogP contribution is 2.13. The predicted octanol–water partition coefficient (Wildman–Crippen LogP) is 0.938. The summed E-state index contributed by atoms with van der Waals surface area (Å²) in [5.74, 6) is 0. The number of thiazole rings is 1. The van der Waals surface area contributed by atoms with Crippen LogP contribution in [0.3, 0.4) is 0 Å². The van der Waals surface area contributed by atoms with Crippen LogP contribution in [0.5, 0.6) is 0 Å². The maximum Gasteiger partial charge on any atom is 0.279 e. The van der Waals surface area contributed by atoms with Crippen molar-refractivity contribution >= 4 is 26.3 Å². The van der Waals surface area contributed by atoms with Crippen molar-refractivity contribution in [3.8, 4) is 0 Å². The lowest BCUT2D eigenvalue weighted by molar-refractivity contribution is 0.578. The van der Waals surface area contributed by atoms with Crippen LogP contribution < -0.4 is 10.3 Å². The maximum absolute atomic E-state index is 12.4. The van der Waals surface area contributed by atoms with E-state index in [0.29, 0.717) is 4.96 Å². The SMILES string of the molecule is Cc1nc2sccn2c(=O)c1S(=O)(=O)NCc1ccncc1. The standard InChI is InChI=1S/C13H12N4O3S2/c1-9-11(12(18)17-6-7-21-13(17)16-9)22(19,20)15-8-10-2-4-14-5-3-10/h2-7,15H,8H2,1H3. The van der Waals surface area contributed by atoms with Crippen LogP contribution in [-0.4, -0.2) is 22.8 Å². The zero-order chi connectivity index (χ0) is 15.7. The van der Waals surface area contributed by atoms with E-state index in [9.17, 15) is 13.2 Å². The molecule has 0 aromatic carbocycles. The monoisotopic (exact) mass is 336 g/mol. The fourth-order valence-electron chi connectivity index (χ4n) is 2.03. The Bertz CT molecular complexity index is 977. The molecule has 0 atom stereocenters. The molecule has 0 spiro atoms. The number of aryl methyl sites for hydroxylation is 1. The van der Waals surface area contributed by atoms with Crippen LogP contribution in [-0.2, 0) is 16.6 Å². The number of nitrogens with one attached hydrogen (secondary N) is 1. The molecular formula is C13H12N4O3S2. The van der Waals surface area contributed by atoms with Gasteiger partial charge in [0.25, 0.3) is 5.56 Å². The Balaban J connectivity index is 2.00. The first-order valence-electron chi connectivity index (χ1n) is 6.34. The summed E-state index contributed by atoms with van der Waals surface area (Å²) in [5.41, 5.74) is 0.349. The molecule has 0 unspecified atom stereocenters. The molecule has 0 radical (unpaired) electrons. The van der Waals surface area contributed by atoms with Gasteiger partial charge in [-0.15, -0.1) is 11.3 Å². The summed E-state index contributed by atoms with van der Waals surface area (Å²) in [6.45, 7) is 1.60. The third-order valence-corrected chi connectivity index (χ3v) is 5.37. The molecule has 0 bridgehead atoms. The summed E-state index contributed by atoms with van der Waals surface area (Å²) in [6, 6.07) is 3.39. The number of hydrogen-bond acceptors (Lipinski definition) is 6. The molecule has 9 heteroatoms. The topological polar surface area (TPSA) is 93.4 Å². The first kappa shape index (κ1) is 14.8. The Morgan fingerprint density at radius 3 is 2.77 bits per heavy atom. The van der Waals surface area contributed by atoms with Crippen LogP contribution in [0.15, 0.2) is 45.8 Å². The van der Waals surface area contributed by atoms with Gasteiger partial charge >= 0.3 is 0 Å². The van der Waals surface area contributed by atoms with E-state index in [4.69, 9.17) is 0 Å². The Hall–Kier alpha value is -2.10. The second kappa shape index (κ2) is 5.59. The second-order valence-corrected chi connectivity index (χ2v) is 7.14. The predicted molar refractivity (Wildman–Crippen MR) is 82.3 cm³/mol. The molecule has 3 aromatic heterocycles. The fourth-order valence-corrected chi connectivity index (χ4v) is 4.04. The van der Waals surface area contributed by atoms with E-state index in [1.807, 2.05) is 0 Å². The van der Waals surface area contributed by atoms with Gasteiger partial charge in [0, 0.05) is 30.5 Å². The molecule has 0 aliphatic carbocycles. The largest absolute Gasteiger partial charge is 0.279 e. The van der Waals surface area contributed by atoms with Crippen molar-refractivity contribution in [1.82, 2.24) is 19.1 Å². The molecular weight excluding hydrogens is 324 g/mol. The minimum Gasteiger partial charge on any atom is -0.267 e. The number of aromatic nitrogens is 3. The van der Waals surface area contributed by atoms with Gasteiger partial charge in [0.05, 0.1) is 5.69 Å². The van der Waals surface area contributed by atoms with Gasteiger partial charge in [-0.2, -0.15) is 0 Å². The highest BCUT2D eigenvalue weighted by molar-refractivity contribution is 7.89. The Morgan fingerprint density at radius 2 is 2.05 bits per heavy atom. The van der Waals surface area contributed by atoms with E-state index >= 15 is 0 Å². The van der Waals surface area contributed by atoms with Crippen molar-refractivity contribution in [3.63, 3.8) is 0 Å². The van der Waals surface area contributed by atoms with E-state index in [1.165, 1.54) is 28.9 Å². The minimum atomic E-state index is -3.95. The van der Waals surface area contributed by atoms with Gasteiger partial charge in [0.1, 0.15) is 0 Å². The summed E-state index contributed by atoms with van der Waals surface area (Å²) >= 11 is 1.27. The Labute approximate surface area is 130 Å². The molecule has 0 saturated carbocycles. The maximum atomic E-state index is 12.4. The third-order valence-electron chi connectivity index (χ3n) is 3.08. The first-order chi connectivity index (χ1) is 10.5. The van der Waals surface area contributed by atoms with Crippen LogP contribution in [0.2, 0.25) is 0 Å². The second-order valence-electron chi connectivity index (χ2n) is 4.57. The van der Waals surface area contributed by atoms with Crippen LogP contribution in [0.1, 0.15) is 11.3 Å². The van der Waals surface area contributed by atoms with E-state index in [2.05, 4.69) is 14.7 Å². The van der Waals surface area contributed by atoms with Gasteiger partial charge in [-0.3, -0.25) is 14.2 Å². The van der Waals surface area contributed by atoms with E-state index in [1.54, 1.807) is 29.9 Å². The lowest BCUT2D eigenvalue weighted by atomic mass is 10.3. The van der Waals surface area contributed by atoms with Gasteiger partial charge in [0.15, 0.2) is 9.86 Å². The first-order valence-corrected chi connectivity index (χ1v) is 8.70. The smallest absolute Gasteiger partial charge is 0.267 e. The highest BCUT2D eigenvalue weighted by atomic mass is 32.2. The van der Waals surface area contributed by atoms with Crippen LogP contribution in [0, 0.1) is 6.92 Å². The molecule has 0 amide bonds. The molecule has 0 aliphatic heterocycles. The minimum absolute atomic E-state index is 0.0794. The van der Waals surface area contributed by atoms with E-state index in [0.717, 1.165) is 5.56 Å². The number of sulfonamides is 1. The number of fused-ring (bicyclic) bond motifs is 1. The lowest BCUT2D eigenvalue weighted by Gasteiger charge is -2.08. The number of hydrogen-bond donors (Lipinski definition) is 1. The van der Waals surface area contributed by atoms with Gasteiger partial charge < -0.3 is 0 Å². The van der Waals surface area contributed by atoms with Crippen molar-refractivity contribution in [1.29, 1.82) is 0 Å². The van der Waals surface area contributed by atoms with Crippen molar-refractivity contribution in [2.45, 2.75) is 18.4 Å². The molecule has 7 nitrogen and oxygen atoms in total. The molecule has 22 heavy (non-hydrogen) atoms. The van der Waals surface area contributed by atoms with Gasteiger partial charge in [-0.05, 0) is 24.6 Å². The van der Waals surface area contributed by atoms with Gasteiger partial charge in [0.2, 0.25) is 10.0 Å². The summed E-state index contributed by atoms with van der Waals surface area (Å²) in [5, 5.41) is 1.68. The van der Waals surface area contributed by atoms with Crippen molar-refractivity contribution < 1.29 is 8.42 Å². The van der Waals surface area contributed by atoms with E-state index in [-0.39, 0.29) is 17.1 Å². The number of pyridine rings is 1. The average Bonchev–Trinajstić information content (AvgIpc) is 2.94. The van der Waals surface area contributed by atoms with Crippen LogP contribution in [0.4, 0.5) is 0 Å². The number of rotatable bonds is 4. The Kier molecular flexibility index (Phi) is 3.77. The van der Waals surface area contributed by atoms with Crippen LogP contribution >= 0.6 is 11.3 Å². The molecule has 114 valence electrons. The zero-order valence-corrected chi connectivity index (χ0v) is 13.2. The van der Waals surface area contributed by atoms with Crippen molar-refractivity contribution in [3.05, 3.63) is 57.7 Å². The molecule has 0 aliphatic rings. The van der Waals surface area contributed by atoms with E-state index < -0.39 is 15.6 Å². The summed E-state index contributed by atoms with van der Waals surface area (Å²) in [6.07, 6.45) is 4.65. The third kappa shape index (κ3) is 2.65. The summed E-state index contributed by atoms with van der Waals surface area (Å²) in [7, 11) is -3.95. The summed E-state index contributed by atoms with van der Waals surface area (Å²) < 4.78 is 28.5. The lowest BCUT2D eigenvalue weighted by Crippen LogP contribution is -2.32. The fraction of sp³-hybridized carbons (Fsp3) is 0.154. The molecule has 0 fully saturated rings. The van der Waals surface area contributed by atoms with Gasteiger partial charge in [-0.25, -0.2) is 18.1 Å². The average molecular weight is 336 g/mol. The Morgan fingerprint density at radius 1 is 1.32 bits per heavy atom. The van der Waals surface area contributed by atoms with Gasteiger partial charge in [-0.1, -0.05) is 0 Å². The molecule has 3 aromatic rings. The zero-order valence-electron chi connectivity index (χ0n) is 11.6. The van der Waals surface area contributed by atoms with Crippen molar-refractivity contribution in [2.24, 2.45) is 0 Å². The van der Waals surface area contributed by atoms with Crippen LogP contribution in [0.25, 0.3) is 4.96 Å². The van der Waals surface area contributed by atoms with Crippen molar-refractivity contribution in [2.75, 3.05) is 0 Å².